The van der Waals surface area contributed by atoms with Gasteiger partial charge in [0, 0.05) is 99.6 Å². The van der Waals surface area contributed by atoms with Crippen LogP contribution in [0, 0.1) is 13.8 Å². The molecule has 3 amide bonds. The summed E-state index contributed by atoms with van der Waals surface area (Å²) in [5, 5.41) is 0. The minimum absolute atomic E-state index is 0.169. The molecule has 0 aliphatic carbocycles. The molecular formula is C59H75BrF6N8O8. The number of aromatic nitrogens is 2. The highest BCUT2D eigenvalue weighted by Gasteiger charge is 2.44. The summed E-state index contributed by atoms with van der Waals surface area (Å²) in [6.45, 7) is 23.2. The van der Waals surface area contributed by atoms with Gasteiger partial charge in [-0.25, -0.2) is 24.4 Å². The number of alkyl halides is 6. The highest BCUT2D eigenvalue weighted by Crippen LogP contribution is 2.41. The summed E-state index contributed by atoms with van der Waals surface area (Å²) in [4.78, 5) is 60.0. The maximum atomic E-state index is 13.6. The van der Waals surface area contributed by atoms with E-state index >= 15 is 0 Å². The van der Waals surface area contributed by atoms with Gasteiger partial charge in [0.1, 0.15) is 29.4 Å². The standard InChI is InChI=1S/C34H46F3N5O5.C25H29BrF3N3O3/c1-7-41(27-8-14-45-15-9-27)30-25(19-28(20-38-30)39-10-12-40(13-11-39)31(43)47-33(4,5)6)21-42-23(3)29(46-32(42)44)24-16-22(2)17-26(18-24)34(35,36)37;1-4-31(21-5-7-34-8-6-21)23-18(12-20(26)13-30-23)14-32-16(3)22(35-24(32)33)17-9-15(2)10-19(11-17)25(27,28)29/h16-20,23,27,29H,7-15,21H2,1-6H3;9-13,16,21-22H,4-8,14H2,1-3H3/t23-,29-;16-,22-/m00/s1. The molecule has 0 N–H and O–H groups in total. The Kier molecular flexibility index (Phi) is 19.5. The number of pyridine rings is 2. The molecule has 0 radical (unpaired) electrons. The molecule has 0 bridgehead atoms. The van der Waals surface area contributed by atoms with Gasteiger partial charge in [0.2, 0.25) is 0 Å². The summed E-state index contributed by atoms with van der Waals surface area (Å²) in [5.74, 6) is 1.55. The Morgan fingerprint density at radius 1 is 0.646 bits per heavy atom. The largest absolute Gasteiger partial charge is 0.444 e. The van der Waals surface area contributed by atoms with Gasteiger partial charge >= 0.3 is 30.6 Å². The van der Waals surface area contributed by atoms with Crippen LogP contribution in [0.1, 0.15) is 131 Å². The molecule has 5 aliphatic heterocycles. The predicted molar refractivity (Wildman–Crippen MR) is 301 cm³/mol. The average molecular weight is 1220 g/mol. The van der Waals surface area contributed by atoms with E-state index in [-0.39, 0.29) is 31.3 Å². The number of hydrogen-bond acceptors (Lipinski definition) is 13. The van der Waals surface area contributed by atoms with E-state index in [2.05, 4.69) is 49.5 Å². The quantitative estimate of drug-likeness (QED) is 0.0926. The SMILES string of the molecule is CCN(c1ncc(Br)cc1CN1C(=O)O[C@H](c2cc(C)cc(C(F)(F)F)c2)[C@@H]1C)C1CCOCC1.CCN(c1ncc(N2CCN(C(=O)OC(C)(C)C)CC2)cc1CN1C(=O)O[C@H](c2cc(C)cc(C(F)(F)F)c2)[C@@H]1C)C1CCOCC1. The minimum Gasteiger partial charge on any atom is -0.444 e. The van der Waals surface area contributed by atoms with Gasteiger partial charge in [0.15, 0.2) is 0 Å². The maximum absolute atomic E-state index is 13.6. The first-order chi connectivity index (χ1) is 38.7. The van der Waals surface area contributed by atoms with E-state index < -0.39 is 65.6 Å². The molecule has 2 aromatic carbocycles. The summed E-state index contributed by atoms with van der Waals surface area (Å²) in [6.07, 6.45) is -5.08. The van der Waals surface area contributed by atoms with Crippen LogP contribution in [0.15, 0.2) is 65.4 Å². The van der Waals surface area contributed by atoms with Gasteiger partial charge in [-0.1, -0.05) is 23.3 Å². The number of carbonyl (C=O) groups is 3. The van der Waals surface area contributed by atoms with Crippen molar-refractivity contribution in [3.05, 3.63) is 110 Å². The fraction of sp³-hybridized carbons (Fsp3) is 0.576. The lowest BCUT2D eigenvalue weighted by Gasteiger charge is -2.38. The molecule has 23 heteroatoms. The second-order valence-corrected chi connectivity index (χ2v) is 23.5. The topological polar surface area (TPSA) is 143 Å². The number of cyclic esters (lactones) is 2. The molecule has 0 unspecified atom stereocenters. The molecular weight excluding hydrogens is 1140 g/mol. The summed E-state index contributed by atoms with van der Waals surface area (Å²) in [6, 6.07) is 11.1. The lowest BCUT2D eigenvalue weighted by molar-refractivity contribution is -0.138. The van der Waals surface area contributed by atoms with Gasteiger partial charge in [-0.2, -0.15) is 26.3 Å². The number of carbonyl (C=O) groups excluding carboxylic acids is 3. The molecule has 5 fully saturated rings. The first kappa shape index (κ1) is 62.0. The maximum Gasteiger partial charge on any atom is 0.416 e. The highest BCUT2D eigenvalue weighted by atomic mass is 79.9. The smallest absolute Gasteiger partial charge is 0.416 e. The molecule has 5 saturated heterocycles. The van der Waals surface area contributed by atoms with Gasteiger partial charge in [-0.15, -0.1) is 0 Å². The van der Waals surface area contributed by atoms with Crippen LogP contribution < -0.4 is 14.7 Å². The number of anilines is 3. The monoisotopic (exact) mass is 1220 g/mol. The molecule has 0 saturated carbocycles. The highest BCUT2D eigenvalue weighted by molar-refractivity contribution is 9.10. The number of ether oxygens (including phenoxy) is 5. The Morgan fingerprint density at radius 2 is 1.07 bits per heavy atom. The van der Waals surface area contributed by atoms with E-state index in [1.165, 1.54) is 0 Å². The summed E-state index contributed by atoms with van der Waals surface area (Å²) in [5.41, 5.74) is 1.98. The Hall–Kier alpha value is -6.07. The number of benzene rings is 2. The van der Waals surface area contributed by atoms with Crippen molar-refractivity contribution in [2.45, 2.75) is 155 Å². The van der Waals surface area contributed by atoms with Crippen LogP contribution in [-0.2, 0) is 49.1 Å². The second-order valence-electron chi connectivity index (χ2n) is 22.6. The zero-order valence-electron chi connectivity index (χ0n) is 48.0. The van der Waals surface area contributed by atoms with Crippen LogP contribution in [0.3, 0.4) is 0 Å². The number of piperazine rings is 1. The van der Waals surface area contributed by atoms with E-state index in [0.29, 0.717) is 81.4 Å². The molecule has 16 nitrogen and oxygen atoms in total. The van der Waals surface area contributed by atoms with Crippen LogP contribution >= 0.6 is 15.9 Å². The van der Waals surface area contributed by atoms with Crippen molar-refractivity contribution in [1.29, 1.82) is 0 Å². The van der Waals surface area contributed by atoms with Crippen LogP contribution in [0.5, 0.6) is 0 Å². The number of amides is 3. The summed E-state index contributed by atoms with van der Waals surface area (Å²) >= 11 is 3.48. The normalized spacial score (nSPS) is 21.3. The Balaban J connectivity index is 0.000000224. The summed E-state index contributed by atoms with van der Waals surface area (Å²) < 4.78 is 110. The Morgan fingerprint density at radius 3 is 1.49 bits per heavy atom. The number of halogens is 7. The van der Waals surface area contributed by atoms with Crippen molar-refractivity contribution < 1.29 is 64.4 Å². The zero-order valence-corrected chi connectivity index (χ0v) is 49.6. The summed E-state index contributed by atoms with van der Waals surface area (Å²) in [7, 11) is 0. The second kappa shape index (κ2) is 25.8. The molecule has 4 atom stereocenters. The molecule has 9 rings (SSSR count). The van der Waals surface area contributed by atoms with Crippen molar-refractivity contribution in [3.8, 4) is 0 Å². The first-order valence-corrected chi connectivity index (χ1v) is 28.9. The minimum atomic E-state index is -4.51. The number of aryl methyl sites for hydroxylation is 2. The molecule has 448 valence electrons. The molecule has 2 aromatic heterocycles. The van der Waals surface area contributed by atoms with Crippen LogP contribution in [0.4, 0.5) is 58.0 Å². The third kappa shape index (κ3) is 14.8. The van der Waals surface area contributed by atoms with E-state index in [9.17, 15) is 40.7 Å². The third-order valence-corrected chi connectivity index (χ3v) is 16.0. The molecule has 5 aliphatic rings. The van der Waals surface area contributed by atoms with Crippen molar-refractivity contribution in [1.82, 2.24) is 24.7 Å². The van der Waals surface area contributed by atoms with Gasteiger partial charge in [0.05, 0.1) is 48.2 Å². The van der Waals surface area contributed by atoms with Gasteiger partial charge in [-0.05, 0) is 151 Å². The van der Waals surface area contributed by atoms with Crippen molar-refractivity contribution in [2.24, 2.45) is 0 Å². The van der Waals surface area contributed by atoms with Crippen molar-refractivity contribution in [2.75, 3.05) is 80.4 Å². The van der Waals surface area contributed by atoms with Crippen LogP contribution in [0.25, 0.3) is 0 Å². The number of hydrogen-bond donors (Lipinski definition) is 0. The van der Waals surface area contributed by atoms with Gasteiger partial charge < -0.3 is 43.3 Å². The van der Waals surface area contributed by atoms with E-state index in [4.69, 9.17) is 28.7 Å². The van der Waals surface area contributed by atoms with Crippen LogP contribution in [0.2, 0.25) is 0 Å². The van der Waals surface area contributed by atoms with Crippen LogP contribution in [-0.4, -0.2) is 138 Å². The lowest BCUT2D eigenvalue weighted by atomic mass is 9.98. The van der Waals surface area contributed by atoms with E-state index in [1.807, 2.05) is 39.1 Å². The fourth-order valence-electron chi connectivity index (χ4n) is 11.5. The van der Waals surface area contributed by atoms with Gasteiger partial charge in [0.25, 0.3) is 0 Å². The zero-order chi connectivity index (χ0) is 59.4. The van der Waals surface area contributed by atoms with Gasteiger partial charge in [-0.3, -0.25) is 9.80 Å². The molecule has 82 heavy (non-hydrogen) atoms. The Labute approximate surface area is 484 Å². The fourth-order valence-corrected chi connectivity index (χ4v) is 11.9. The first-order valence-electron chi connectivity index (χ1n) is 28.1. The lowest BCUT2D eigenvalue weighted by Crippen LogP contribution is -2.50. The van der Waals surface area contributed by atoms with E-state index in [0.717, 1.165) is 89.4 Å². The Bertz CT molecular complexity index is 2890. The average Bonchev–Trinajstić information content (AvgIpc) is 4.09. The molecule has 0 spiro atoms. The number of nitrogens with zero attached hydrogens (tertiary/aromatic N) is 8. The molecule has 7 heterocycles. The third-order valence-electron chi connectivity index (χ3n) is 15.6. The van der Waals surface area contributed by atoms with Crippen molar-refractivity contribution in [3.63, 3.8) is 0 Å². The molecule has 4 aromatic rings. The van der Waals surface area contributed by atoms with E-state index in [1.54, 1.807) is 60.7 Å². The number of rotatable bonds is 13. The predicted octanol–water partition coefficient (Wildman–Crippen LogP) is 12.8. The van der Waals surface area contributed by atoms with Crippen molar-refractivity contribution >= 4 is 51.5 Å².